The maximum Gasteiger partial charge on any atom is 0.429 e. The summed E-state index contributed by atoms with van der Waals surface area (Å²) in [6.45, 7) is 0. The molecule has 2 aromatic heterocycles. The van der Waals surface area contributed by atoms with E-state index >= 15 is 0 Å². The fraction of sp³-hybridized carbons (Fsp3) is 0.312. The Morgan fingerprint density at radius 2 is 2.09 bits per heavy atom. The molecule has 2 atom stereocenters. The number of rotatable bonds is 6. The molecule has 0 radical (unpaired) electrons. The van der Waals surface area contributed by atoms with Crippen molar-refractivity contribution in [2.24, 2.45) is 5.16 Å². The van der Waals surface area contributed by atoms with Crippen molar-refractivity contribution >= 4 is 74.9 Å². The maximum absolute atomic E-state index is 13.2. The summed E-state index contributed by atoms with van der Waals surface area (Å²) in [5, 5.41) is 27.1. The number of β-lactam (4-membered cyclic amide) rings is 1. The Bertz CT molecular complexity index is 1290. The van der Waals surface area contributed by atoms with Crippen molar-refractivity contribution in [3.05, 3.63) is 25.5 Å². The average molecular weight is 570 g/mol. The highest BCUT2D eigenvalue weighted by atomic mass is 35.5. The number of carboxylic acid groups (broad SMARTS) is 1. The highest BCUT2D eigenvalue weighted by Gasteiger charge is 2.54. The van der Waals surface area contributed by atoms with Gasteiger partial charge in [-0.2, -0.15) is 13.2 Å². The first-order chi connectivity index (χ1) is 16.4. The highest BCUT2D eigenvalue weighted by molar-refractivity contribution is 8.03. The average Bonchev–Trinajstić information content (AvgIpc) is 3.38. The van der Waals surface area contributed by atoms with Gasteiger partial charge in [-0.05, 0) is 24.4 Å². The molecule has 4 heterocycles. The van der Waals surface area contributed by atoms with Crippen LogP contribution in [0.1, 0.15) is 23.4 Å². The predicted molar refractivity (Wildman–Crippen MR) is 117 cm³/mol. The van der Waals surface area contributed by atoms with Crippen LogP contribution in [0.15, 0.2) is 20.8 Å². The Hall–Kier alpha value is -2.96. The lowest BCUT2D eigenvalue weighted by Gasteiger charge is -2.50. The van der Waals surface area contributed by atoms with Crippen LogP contribution in [0.3, 0.4) is 0 Å². The van der Waals surface area contributed by atoms with E-state index in [1.54, 1.807) is 0 Å². The number of alkyl halides is 3. The van der Waals surface area contributed by atoms with Crippen molar-refractivity contribution in [3.8, 4) is 0 Å². The van der Waals surface area contributed by atoms with Gasteiger partial charge >= 0.3 is 12.1 Å². The number of anilines is 1. The first kappa shape index (κ1) is 25.1. The molecule has 0 aromatic carbocycles. The molecule has 186 valence electrons. The van der Waals surface area contributed by atoms with Gasteiger partial charge in [-0.3, -0.25) is 14.5 Å². The van der Waals surface area contributed by atoms with Crippen LogP contribution in [-0.2, 0) is 20.6 Å². The van der Waals surface area contributed by atoms with Gasteiger partial charge in [0.1, 0.15) is 26.8 Å². The third kappa shape index (κ3) is 4.53. The number of halogens is 4. The van der Waals surface area contributed by atoms with Crippen molar-refractivity contribution in [1.82, 2.24) is 24.8 Å². The zero-order valence-corrected chi connectivity index (χ0v) is 19.9. The number of oxime groups is 1. The van der Waals surface area contributed by atoms with Crippen molar-refractivity contribution in [1.29, 1.82) is 0 Å². The second kappa shape index (κ2) is 9.25. The monoisotopic (exact) mass is 569 g/mol. The molecule has 12 nitrogen and oxygen atoms in total. The quantitative estimate of drug-likeness (QED) is 0.174. The van der Waals surface area contributed by atoms with Gasteiger partial charge in [0.2, 0.25) is 0 Å². The van der Waals surface area contributed by atoms with Gasteiger partial charge in [0.05, 0.1) is 6.04 Å². The van der Waals surface area contributed by atoms with Crippen LogP contribution >= 0.6 is 46.2 Å². The van der Waals surface area contributed by atoms with Crippen LogP contribution < -0.4 is 11.1 Å². The molecule has 2 aliphatic heterocycles. The summed E-state index contributed by atoms with van der Waals surface area (Å²) in [4.78, 5) is 40.9. The number of carbonyl (C=O) groups excluding carboxylic acids is 2. The van der Waals surface area contributed by atoms with E-state index in [-0.39, 0.29) is 44.4 Å². The number of aromatic nitrogens is 3. The summed E-state index contributed by atoms with van der Waals surface area (Å²) in [5.41, 5.74) is 4.20. The zero-order chi connectivity index (χ0) is 25.7. The van der Waals surface area contributed by atoms with E-state index < -0.39 is 57.4 Å². The molecule has 0 spiro atoms. The van der Waals surface area contributed by atoms with E-state index in [1.807, 2.05) is 0 Å². The third-order valence-electron chi connectivity index (χ3n) is 4.96. The van der Waals surface area contributed by atoms with Crippen LogP contribution in [-0.4, -0.2) is 65.4 Å². The van der Waals surface area contributed by atoms with Gasteiger partial charge in [0, 0.05) is 4.91 Å². The number of amides is 2. The molecule has 1 saturated heterocycles. The Kier molecular flexibility index (Phi) is 6.64. The molecule has 2 aliphatic rings. The predicted octanol–water partition coefficient (Wildman–Crippen LogP) is 2.01. The summed E-state index contributed by atoms with van der Waals surface area (Å²) in [7, 11) is 0. The van der Waals surface area contributed by atoms with Crippen molar-refractivity contribution in [2.45, 2.75) is 36.1 Å². The first-order valence-corrected chi connectivity index (χ1v) is 12.0. The summed E-state index contributed by atoms with van der Waals surface area (Å²) >= 11 is 7.36. The van der Waals surface area contributed by atoms with Crippen LogP contribution in [0, 0.1) is 0 Å². The maximum atomic E-state index is 13.2. The van der Waals surface area contributed by atoms with Crippen LogP contribution in [0.4, 0.5) is 18.3 Å². The minimum absolute atomic E-state index is 0.00221. The van der Waals surface area contributed by atoms with Gasteiger partial charge in [0.25, 0.3) is 11.8 Å². The lowest BCUT2D eigenvalue weighted by molar-refractivity contribution is -0.155. The summed E-state index contributed by atoms with van der Waals surface area (Å²) in [5.74, 6) is -3.36. The number of thioether (sulfide) groups is 1. The Morgan fingerprint density at radius 3 is 2.66 bits per heavy atom. The number of aliphatic carboxylic acids is 1. The smallest absolute Gasteiger partial charge is 0.429 e. The molecular formula is C16H11ClF3N7O5S3. The standard InChI is InChI=1S/C16H11ClF3N7O5S3/c17-10-6(23-15(21)34-10)7(25-32)11(28)22-5-3-1-2-4(8(14(30)31)27(3)13(5)29)33-12-9(16(18,19)20)35-26-24-12/h3,5,32H,1-2H2,(H2,21,23)(H,22,28)(H,30,31)/b25-7-. The minimum atomic E-state index is -4.73. The molecule has 2 amide bonds. The number of nitrogens with two attached hydrogens (primary N) is 1. The van der Waals surface area contributed by atoms with E-state index in [9.17, 15) is 37.9 Å². The Labute approximate surface area is 209 Å². The summed E-state index contributed by atoms with van der Waals surface area (Å²) in [6, 6.07) is -1.98. The van der Waals surface area contributed by atoms with Gasteiger partial charge in [-0.25, -0.2) is 9.78 Å². The molecule has 2 aromatic rings. The molecule has 35 heavy (non-hydrogen) atoms. The number of nitrogens with zero attached hydrogens (tertiary/aromatic N) is 5. The SMILES string of the molecule is Nc1nc(/C(=N/O)C(=O)NC2C(=O)N3C(C(=O)O)=C(Sc4nnsc4C(F)(F)F)CCC23)c(Cl)s1. The third-order valence-corrected chi connectivity index (χ3v) is 8.06. The molecule has 2 unspecified atom stereocenters. The molecule has 5 N–H and O–H groups in total. The summed E-state index contributed by atoms with van der Waals surface area (Å²) < 4.78 is 42.7. The van der Waals surface area contributed by atoms with E-state index in [2.05, 4.69) is 25.0 Å². The highest BCUT2D eigenvalue weighted by Crippen LogP contribution is 2.46. The van der Waals surface area contributed by atoms with Gasteiger partial charge < -0.3 is 21.4 Å². The van der Waals surface area contributed by atoms with Gasteiger partial charge in [-0.15, -0.1) is 5.10 Å². The van der Waals surface area contributed by atoms with E-state index in [0.29, 0.717) is 11.8 Å². The molecule has 0 saturated carbocycles. The number of nitrogens with one attached hydrogen (secondary N) is 1. The lowest BCUT2D eigenvalue weighted by Crippen LogP contribution is -2.72. The topological polar surface area (TPSA) is 184 Å². The first-order valence-electron chi connectivity index (χ1n) is 9.26. The number of carboxylic acids is 1. The number of carbonyl (C=O) groups is 3. The fourth-order valence-electron chi connectivity index (χ4n) is 3.54. The number of thiazole rings is 1. The number of allylic oxidation sites excluding steroid dienone is 1. The van der Waals surface area contributed by atoms with Crippen molar-refractivity contribution < 1.29 is 37.9 Å². The number of nitrogen functional groups attached to an aromatic ring is 1. The fourth-order valence-corrected chi connectivity index (χ4v) is 6.21. The number of hydrogen-bond acceptors (Lipinski definition) is 12. The van der Waals surface area contributed by atoms with E-state index in [0.717, 1.165) is 16.2 Å². The molecule has 4 rings (SSSR count). The second-order valence-corrected chi connectivity index (χ2v) is 10.4. The van der Waals surface area contributed by atoms with Crippen LogP contribution in [0.25, 0.3) is 0 Å². The van der Waals surface area contributed by atoms with Gasteiger partial charge in [0.15, 0.2) is 15.7 Å². The zero-order valence-electron chi connectivity index (χ0n) is 16.7. The number of hydrogen-bond donors (Lipinski definition) is 4. The van der Waals surface area contributed by atoms with Gasteiger partial charge in [-0.1, -0.05) is 44.3 Å². The van der Waals surface area contributed by atoms with E-state index in [4.69, 9.17) is 17.3 Å². The van der Waals surface area contributed by atoms with Crippen LogP contribution in [0.5, 0.6) is 0 Å². The summed E-state index contributed by atoms with van der Waals surface area (Å²) in [6.07, 6.45) is -4.60. The Morgan fingerprint density at radius 1 is 1.37 bits per heavy atom. The van der Waals surface area contributed by atoms with E-state index in [1.165, 1.54) is 0 Å². The largest absolute Gasteiger partial charge is 0.477 e. The van der Waals surface area contributed by atoms with Crippen LogP contribution in [0.2, 0.25) is 4.34 Å². The molecule has 0 bridgehead atoms. The minimum Gasteiger partial charge on any atom is -0.477 e. The Balaban J connectivity index is 1.55. The second-order valence-electron chi connectivity index (χ2n) is 6.97. The lowest BCUT2D eigenvalue weighted by atomic mass is 9.86. The number of fused-ring (bicyclic) bond motifs is 1. The van der Waals surface area contributed by atoms with Crippen molar-refractivity contribution in [3.63, 3.8) is 0 Å². The molecule has 0 aliphatic carbocycles. The molecular weight excluding hydrogens is 559 g/mol. The normalized spacial score (nSPS) is 20.5. The molecule has 1 fully saturated rings. The molecule has 19 heteroatoms. The van der Waals surface area contributed by atoms with Crippen molar-refractivity contribution in [2.75, 3.05) is 5.73 Å².